The van der Waals surface area contributed by atoms with Crippen LogP contribution in [0.25, 0.3) is 10.9 Å². The third-order valence-electron chi connectivity index (χ3n) is 5.19. The molecule has 0 aliphatic carbocycles. The van der Waals surface area contributed by atoms with Crippen LogP contribution in [0.2, 0.25) is 5.02 Å². The predicted molar refractivity (Wildman–Crippen MR) is 111 cm³/mol. The van der Waals surface area contributed by atoms with E-state index in [1.807, 2.05) is 16.7 Å². The Kier molecular flexibility index (Phi) is 5.44. The third kappa shape index (κ3) is 3.94. The fourth-order valence-corrected chi connectivity index (χ4v) is 3.75. The molecule has 0 bridgehead atoms. The van der Waals surface area contributed by atoms with Crippen molar-refractivity contribution in [3.63, 3.8) is 0 Å². The van der Waals surface area contributed by atoms with Gasteiger partial charge in [-0.1, -0.05) is 36.6 Å². The van der Waals surface area contributed by atoms with E-state index in [2.05, 4.69) is 5.32 Å². The van der Waals surface area contributed by atoms with Gasteiger partial charge < -0.3 is 5.32 Å². The third-order valence-corrected chi connectivity index (χ3v) is 5.45. The van der Waals surface area contributed by atoms with Crippen molar-refractivity contribution in [1.29, 1.82) is 0 Å². The quantitative estimate of drug-likeness (QED) is 0.726. The maximum atomic E-state index is 12.9. The molecule has 1 aromatic heterocycles. The van der Waals surface area contributed by atoms with Gasteiger partial charge in [0.1, 0.15) is 5.82 Å². The molecular formula is C22H22ClN3O2. The molecule has 0 atom stereocenters. The number of nitrogens with one attached hydrogen (secondary N) is 1. The number of halogens is 1. The van der Waals surface area contributed by atoms with Crippen LogP contribution in [0.15, 0.2) is 47.3 Å². The van der Waals surface area contributed by atoms with Crippen LogP contribution >= 0.6 is 11.6 Å². The number of hydrogen-bond donors (Lipinski definition) is 1. The molecule has 0 radical (unpaired) electrons. The highest BCUT2D eigenvalue weighted by atomic mass is 35.5. The van der Waals surface area contributed by atoms with Crippen LogP contribution in [-0.4, -0.2) is 15.5 Å². The van der Waals surface area contributed by atoms with E-state index in [-0.39, 0.29) is 11.5 Å². The minimum Gasteiger partial charge on any atom is -0.348 e. The lowest BCUT2D eigenvalue weighted by molar-refractivity contribution is 0.0951. The second-order valence-electron chi connectivity index (χ2n) is 7.19. The van der Waals surface area contributed by atoms with Gasteiger partial charge in [-0.25, -0.2) is 4.98 Å². The summed E-state index contributed by atoms with van der Waals surface area (Å²) in [6.45, 7) is 1.13. The maximum absolute atomic E-state index is 12.9. The molecule has 1 aliphatic rings. The summed E-state index contributed by atoms with van der Waals surface area (Å²) in [5, 5.41) is 4.13. The summed E-state index contributed by atoms with van der Waals surface area (Å²) in [7, 11) is 0. The van der Waals surface area contributed by atoms with E-state index in [1.165, 1.54) is 6.42 Å². The van der Waals surface area contributed by atoms with Crippen LogP contribution in [-0.2, 0) is 19.5 Å². The summed E-state index contributed by atoms with van der Waals surface area (Å²) < 4.78 is 1.81. The summed E-state index contributed by atoms with van der Waals surface area (Å²) in [4.78, 5) is 30.1. The highest BCUT2D eigenvalue weighted by Gasteiger charge is 2.15. The number of nitrogens with zero attached hydrogens (tertiary/aromatic N) is 2. The Morgan fingerprint density at radius 1 is 1.07 bits per heavy atom. The summed E-state index contributed by atoms with van der Waals surface area (Å²) in [6.07, 6.45) is 5.17. The molecule has 144 valence electrons. The summed E-state index contributed by atoms with van der Waals surface area (Å²) in [5.41, 5.74) is 2.06. The van der Waals surface area contributed by atoms with Crippen molar-refractivity contribution in [3.8, 4) is 0 Å². The molecule has 1 amide bonds. The number of hydrogen-bond acceptors (Lipinski definition) is 3. The first kappa shape index (κ1) is 18.7. The van der Waals surface area contributed by atoms with Gasteiger partial charge in [0.05, 0.1) is 10.9 Å². The number of amides is 1. The smallest absolute Gasteiger partial charge is 0.261 e. The fraction of sp³-hybridized carbons (Fsp3) is 0.318. The normalized spacial score (nSPS) is 14.2. The second-order valence-corrected chi connectivity index (χ2v) is 7.63. The van der Waals surface area contributed by atoms with Gasteiger partial charge in [0.2, 0.25) is 0 Å². The Labute approximate surface area is 168 Å². The number of aryl methyl sites for hydroxylation is 1. The largest absolute Gasteiger partial charge is 0.348 e. The second kappa shape index (κ2) is 8.15. The van der Waals surface area contributed by atoms with Crippen LogP contribution < -0.4 is 10.9 Å². The number of aromatic nitrogens is 2. The van der Waals surface area contributed by atoms with Crippen LogP contribution in [0, 0.1) is 0 Å². The van der Waals surface area contributed by atoms with Gasteiger partial charge in [-0.15, -0.1) is 0 Å². The highest BCUT2D eigenvalue weighted by Crippen LogP contribution is 2.17. The van der Waals surface area contributed by atoms with E-state index < -0.39 is 0 Å². The van der Waals surface area contributed by atoms with E-state index in [9.17, 15) is 9.59 Å². The first-order valence-electron chi connectivity index (χ1n) is 9.68. The molecule has 0 unspecified atom stereocenters. The topological polar surface area (TPSA) is 64.0 Å². The molecule has 2 heterocycles. The Balaban J connectivity index is 1.59. The van der Waals surface area contributed by atoms with Crippen molar-refractivity contribution in [2.45, 2.75) is 45.2 Å². The Morgan fingerprint density at radius 2 is 1.86 bits per heavy atom. The lowest BCUT2D eigenvalue weighted by Crippen LogP contribution is -2.27. The van der Waals surface area contributed by atoms with Crippen LogP contribution in [0.3, 0.4) is 0 Å². The van der Waals surface area contributed by atoms with Gasteiger partial charge in [0, 0.05) is 30.1 Å². The zero-order chi connectivity index (χ0) is 19.5. The number of rotatable bonds is 3. The Hall–Kier alpha value is -2.66. The highest BCUT2D eigenvalue weighted by molar-refractivity contribution is 6.30. The lowest BCUT2D eigenvalue weighted by Gasteiger charge is -2.16. The zero-order valence-corrected chi connectivity index (χ0v) is 16.3. The summed E-state index contributed by atoms with van der Waals surface area (Å²) in [6, 6.07) is 12.5. The van der Waals surface area contributed by atoms with Crippen molar-refractivity contribution in [1.82, 2.24) is 14.9 Å². The molecule has 5 nitrogen and oxygen atoms in total. The van der Waals surface area contributed by atoms with Crippen LogP contribution in [0.4, 0.5) is 0 Å². The minimum atomic E-state index is -0.189. The summed E-state index contributed by atoms with van der Waals surface area (Å²) in [5.74, 6) is 0.640. The molecule has 0 saturated heterocycles. The molecule has 0 saturated carbocycles. The average molecular weight is 396 g/mol. The van der Waals surface area contributed by atoms with E-state index in [0.29, 0.717) is 28.0 Å². The van der Waals surface area contributed by atoms with Gasteiger partial charge in [-0.3, -0.25) is 14.2 Å². The maximum Gasteiger partial charge on any atom is 0.261 e. The molecule has 3 aromatic rings. The molecule has 1 N–H and O–H groups in total. The predicted octanol–water partition coefficient (Wildman–Crippen LogP) is 4.10. The number of carbonyl (C=O) groups excluding carboxylic acids is 1. The van der Waals surface area contributed by atoms with Gasteiger partial charge in [0.15, 0.2) is 0 Å². The van der Waals surface area contributed by atoms with Gasteiger partial charge in [-0.05, 0) is 48.7 Å². The van der Waals surface area contributed by atoms with Crippen molar-refractivity contribution < 1.29 is 4.79 Å². The van der Waals surface area contributed by atoms with E-state index >= 15 is 0 Å². The Bertz CT molecular complexity index is 1070. The average Bonchev–Trinajstić information content (AvgIpc) is 2.68. The van der Waals surface area contributed by atoms with Crippen molar-refractivity contribution in [3.05, 3.63) is 74.8 Å². The fourth-order valence-electron chi connectivity index (χ4n) is 3.62. The lowest BCUT2D eigenvalue weighted by atomic mass is 10.1. The molecule has 0 fully saturated rings. The van der Waals surface area contributed by atoms with Gasteiger partial charge >= 0.3 is 0 Å². The monoisotopic (exact) mass is 395 g/mol. The first-order chi connectivity index (χ1) is 13.6. The number of fused-ring (bicyclic) bond motifs is 2. The van der Waals surface area contributed by atoms with Crippen molar-refractivity contribution >= 4 is 28.4 Å². The minimum absolute atomic E-state index is 0.00461. The molecule has 28 heavy (non-hydrogen) atoms. The van der Waals surface area contributed by atoms with Gasteiger partial charge in [0.25, 0.3) is 11.5 Å². The van der Waals surface area contributed by atoms with Crippen LogP contribution in [0.1, 0.15) is 47.4 Å². The molecule has 6 heteroatoms. The number of benzene rings is 2. The van der Waals surface area contributed by atoms with Crippen LogP contribution in [0.5, 0.6) is 0 Å². The standard InChI is InChI=1S/C22H22ClN3O2/c23-17-9-6-15(7-10-17)14-24-21(27)16-8-11-18-19(13-16)25-20-5-3-1-2-4-12-26(20)22(18)28/h6-11,13H,1-5,12,14H2,(H,24,27). The van der Waals surface area contributed by atoms with Gasteiger partial charge in [-0.2, -0.15) is 0 Å². The van der Waals surface area contributed by atoms with E-state index in [0.717, 1.165) is 43.6 Å². The van der Waals surface area contributed by atoms with E-state index in [4.69, 9.17) is 16.6 Å². The Morgan fingerprint density at radius 3 is 2.68 bits per heavy atom. The molecule has 2 aromatic carbocycles. The van der Waals surface area contributed by atoms with Crippen molar-refractivity contribution in [2.24, 2.45) is 0 Å². The summed E-state index contributed by atoms with van der Waals surface area (Å²) >= 11 is 5.89. The molecule has 4 rings (SSSR count). The molecule has 0 spiro atoms. The van der Waals surface area contributed by atoms with E-state index in [1.54, 1.807) is 30.3 Å². The zero-order valence-electron chi connectivity index (χ0n) is 15.6. The van der Waals surface area contributed by atoms with Crippen molar-refractivity contribution in [2.75, 3.05) is 0 Å². The first-order valence-corrected chi connectivity index (χ1v) is 10.1. The molecule has 1 aliphatic heterocycles. The number of carbonyl (C=O) groups is 1. The molecular weight excluding hydrogens is 374 g/mol. The SMILES string of the molecule is O=C(NCc1ccc(Cl)cc1)c1ccc2c(=O)n3c(nc2c1)CCCCCC3.